The minimum absolute atomic E-state index is 0.0172. The number of carbonyl (C=O) groups is 2. The van der Waals surface area contributed by atoms with Gasteiger partial charge >= 0.3 is 5.97 Å². The summed E-state index contributed by atoms with van der Waals surface area (Å²) in [6, 6.07) is 11.1. The van der Waals surface area contributed by atoms with Crippen LogP contribution in [-0.2, 0) is 26.1 Å². The number of rotatable bonds is 9. The number of hydrogen-bond donors (Lipinski definition) is 1. The Bertz CT molecular complexity index is 957. The smallest absolute Gasteiger partial charge is 0.338 e. The third kappa shape index (κ3) is 6.10. The second-order valence-corrected chi connectivity index (χ2v) is 8.03. The van der Waals surface area contributed by atoms with E-state index in [1.165, 1.54) is 52.8 Å². The van der Waals surface area contributed by atoms with Gasteiger partial charge in [0.15, 0.2) is 6.61 Å². The fraction of sp³-hybridized carbons (Fsp3) is 0.300. The van der Waals surface area contributed by atoms with Gasteiger partial charge in [0, 0.05) is 19.6 Å². The van der Waals surface area contributed by atoms with Crippen molar-refractivity contribution >= 4 is 21.9 Å². The Morgan fingerprint density at radius 1 is 1.07 bits per heavy atom. The number of esters is 1. The molecule has 7 nitrogen and oxygen atoms in total. The molecule has 0 radical (unpaired) electrons. The van der Waals surface area contributed by atoms with Gasteiger partial charge in [-0.15, -0.1) is 0 Å². The molecule has 2 rings (SSSR count). The van der Waals surface area contributed by atoms with Crippen molar-refractivity contribution in [1.29, 1.82) is 0 Å². The number of nitrogens with zero attached hydrogens (tertiary/aromatic N) is 1. The molecule has 9 heteroatoms. The summed E-state index contributed by atoms with van der Waals surface area (Å²) in [4.78, 5) is 24.0. The molecule has 0 fully saturated rings. The first-order chi connectivity index (χ1) is 13.8. The van der Waals surface area contributed by atoms with Crippen LogP contribution in [0.1, 0.15) is 29.8 Å². The Hall–Kier alpha value is -2.78. The van der Waals surface area contributed by atoms with Gasteiger partial charge in [0.25, 0.3) is 5.91 Å². The van der Waals surface area contributed by atoms with E-state index in [1.807, 2.05) is 0 Å². The van der Waals surface area contributed by atoms with E-state index >= 15 is 0 Å². The number of sulfonamides is 1. The summed E-state index contributed by atoms with van der Waals surface area (Å²) < 4.78 is 44.2. The SMILES string of the molecule is CCN(CC)S(=O)(=O)c1cccc(C(=O)OCC(=O)NCc2ccc(F)cc2)c1. The van der Waals surface area contributed by atoms with Gasteiger partial charge in [-0.3, -0.25) is 4.79 Å². The molecule has 0 atom stereocenters. The van der Waals surface area contributed by atoms with Crippen LogP contribution in [0.2, 0.25) is 0 Å². The topological polar surface area (TPSA) is 92.8 Å². The highest BCUT2D eigenvalue weighted by Crippen LogP contribution is 2.17. The van der Waals surface area contributed by atoms with Crippen molar-refractivity contribution < 1.29 is 27.1 Å². The average molecular weight is 422 g/mol. The number of hydrogen-bond acceptors (Lipinski definition) is 5. The molecule has 0 heterocycles. The van der Waals surface area contributed by atoms with Crippen molar-refractivity contribution in [1.82, 2.24) is 9.62 Å². The monoisotopic (exact) mass is 422 g/mol. The molecule has 0 bridgehead atoms. The first-order valence-corrected chi connectivity index (χ1v) is 10.5. The Kier molecular flexibility index (Phi) is 7.86. The second kappa shape index (κ2) is 10.1. The first-order valence-electron chi connectivity index (χ1n) is 9.06. The lowest BCUT2D eigenvalue weighted by Gasteiger charge is -2.18. The molecule has 1 amide bonds. The predicted molar refractivity (Wildman–Crippen MR) is 105 cm³/mol. The Labute approximate surface area is 169 Å². The Morgan fingerprint density at radius 2 is 1.72 bits per heavy atom. The van der Waals surface area contributed by atoms with Crippen LogP contribution in [0.3, 0.4) is 0 Å². The van der Waals surface area contributed by atoms with Gasteiger partial charge in [0.05, 0.1) is 10.5 Å². The summed E-state index contributed by atoms with van der Waals surface area (Å²) in [5.41, 5.74) is 0.727. The molecule has 0 saturated heterocycles. The average Bonchev–Trinajstić information content (AvgIpc) is 2.72. The van der Waals surface area contributed by atoms with E-state index in [0.717, 1.165) is 0 Å². The first kappa shape index (κ1) is 22.5. The van der Waals surface area contributed by atoms with E-state index in [9.17, 15) is 22.4 Å². The van der Waals surface area contributed by atoms with E-state index in [2.05, 4.69) is 5.32 Å². The third-order valence-electron chi connectivity index (χ3n) is 4.15. The van der Waals surface area contributed by atoms with E-state index in [1.54, 1.807) is 13.8 Å². The van der Waals surface area contributed by atoms with Gasteiger partial charge in [-0.05, 0) is 35.9 Å². The lowest BCUT2D eigenvalue weighted by atomic mass is 10.2. The molecule has 0 unspecified atom stereocenters. The van der Waals surface area contributed by atoms with Crippen LogP contribution in [-0.4, -0.2) is 44.3 Å². The third-order valence-corrected chi connectivity index (χ3v) is 6.20. The maximum atomic E-state index is 12.9. The van der Waals surface area contributed by atoms with Crippen LogP contribution in [0.5, 0.6) is 0 Å². The van der Waals surface area contributed by atoms with Gasteiger partial charge in [-0.1, -0.05) is 32.0 Å². The maximum absolute atomic E-state index is 12.9. The number of nitrogens with one attached hydrogen (secondary N) is 1. The zero-order valence-electron chi connectivity index (χ0n) is 16.2. The van der Waals surface area contributed by atoms with Crippen molar-refractivity contribution in [3.05, 3.63) is 65.5 Å². The molecule has 0 aliphatic carbocycles. The number of carbonyl (C=O) groups excluding carboxylic acids is 2. The van der Waals surface area contributed by atoms with Crippen molar-refractivity contribution in [3.8, 4) is 0 Å². The molecule has 0 saturated carbocycles. The fourth-order valence-corrected chi connectivity index (χ4v) is 4.07. The van der Waals surface area contributed by atoms with Crippen molar-refractivity contribution in [2.45, 2.75) is 25.3 Å². The molecular weight excluding hydrogens is 399 g/mol. The van der Waals surface area contributed by atoms with Crippen LogP contribution in [0.15, 0.2) is 53.4 Å². The van der Waals surface area contributed by atoms with E-state index < -0.39 is 28.5 Å². The molecule has 0 spiro atoms. The summed E-state index contributed by atoms with van der Waals surface area (Å²) in [6.07, 6.45) is 0. The quantitative estimate of drug-likeness (QED) is 0.626. The van der Waals surface area contributed by atoms with Crippen LogP contribution in [0.25, 0.3) is 0 Å². The largest absolute Gasteiger partial charge is 0.452 e. The molecule has 1 N–H and O–H groups in total. The minimum atomic E-state index is -3.71. The van der Waals surface area contributed by atoms with Crippen LogP contribution >= 0.6 is 0 Å². The standard InChI is InChI=1S/C20H23FN2O5S/c1-3-23(4-2)29(26,27)18-7-5-6-16(12-18)20(25)28-14-19(24)22-13-15-8-10-17(21)11-9-15/h5-12H,3-4,13-14H2,1-2H3,(H,22,24). The summed E-state index contributed by atoms with van der Waals surface area (Å²) >= 11 is 0. The second-order valence-electron chi connectivity index (χ2n) is 6.10. The van der Waals surface area contributed by atoms with E-state index in [4.69, 9.17) is 4.74 Å². The van der Waals surface area contributed by atoms with Gasteiger partial charge < -0.3 is 10.1 Å². The fourth-order valence-electron chi connectivity index (χ4n) is 2.56. The molecule has 2 aromatic rings. The van der Waals surface area contributed by atoms with Crippen molar-refractivity contribution in [2.24, 2.45) is 0 Å². The molecule has 2 aromatic carbocycles. The summed E-state index contributed by atoms with van der Waals surface area (Å²) in [7, 11) is -3.71. The van der Waals surface area contributed by atoms with Gasteiger partial charge in [-0.2, -0.15) is 4.31 Å². The highest BCUT2D eigenvalue weighted by atomic mass is 32.2. The minimum Gasteiger partial charge on any atom is -0.452 e. The highest BCUT2D eigenvalue weighted by molar-refractivity contribution is 7.89. The number of halogens is 1. The number of benzene rings is 2. The van der Waals surface area contributed by atoms with E-state index in [0.29, 0.717) is 18.7 Å². The summed E-state index contributed by atoms with van der Waals surface area (Å²) in [5, 5.41) is 2.55. The van der Waals surface area contributed by atoms with E-state index in [-0.39, 0.29) is 22.8 Å². The van der Waals surface area contributed by atoms with Crippen LogP contribution in [0.4, 0.5) is 4.39 Å². The molecular formula is C20H23FN2O5S. The summed E-state index contributed by atoms with van der Waals surface area (Å²) in [6.45, 7) is 3.71. The normalized spacial score (nSPS) is 11.3. The highest BCUT2D eigenvalue weighted by Gasteiger charge is 2.23. The molecule has 0 aliphatic heterocycles. The lowest BCUT2D eigenvalue weighted by Crippen LogP contribution is -2.31. The van der Waals surface area contributed by atoms with Crippen LogP contribution < -0.4 is 5.32 Å². The van der Waals surface area contributed by atoms with Crippen molar-refractivity contribution in [3.63, 3.8) is 0 Å². The van der Waals surface area contributed by atoms with Gasteiger partial charge in [0.2, 0.25) is 10.0 Å². The molecule has 0 aliphatic rings. The zero-order chi connectivity index (χ0) is 21.4. The Balaban J connectivity index is 1.95. The molecule has 0 aromatic heterocycles. The summed E-state index contributed by atoms with van der Waals surface area (Å²) in [5.74, 6) is -1.72. The van der Waals surface area contributed by atoms with Crippen LogP contribution in [0, 0.1) is 5.82 Å². The maximum Gasteiger partial charge on any atom is 0.338 e. The van der Waals surface area contributed by atoms with Gasteiger partial charge in [-0.25, -0.2) is 17.6 Å². The Morgan fingerprint density at radius 3 is 2.34 bits per heavy atom. The predicted octanol–water partition coefficient (Wildman–Crippen LogP) is 2.33. The molecule has 156 valence electrons. The van der Waals surface area contributed by atoms with Crippen molar-refractivity contribution in [2.75, 3.05) is 19.7 Å². The zero-order valence-corrected chi connectivity index (χ0v) is 17.0. The number of ether oxygens (including phenoxy) is 1. The lowest BCUT2D eigenvalue weighted by molar-refractivity contribution is -0.124. The van der Waals surface area contributed by atoms with Gasteiger partial charge in [0.1, 0.15) is 5.82 Å². The molecule has 29 heavy (non-hydrogen) atoms. The number of amides is 1.